The van der Waals surface area contributed by atoms with Crippen molar-refractivity contribution in [2.75, 3.05) is 0 Å². The standard InChI is InChI=1S/C8H13N3O/c1-2-11-8-5-12-4-6(8)7(3-9)10-11/h2-5,9H2,1H3. The van der Waals surface area contributed by atoms with Gasteiger partial charge in [0.05, 0.1) is 24.6 Å². The fourth-order valence-corrected chi connectivity index (χ4v) is 1.59. The monoisotopic (exact) mass is 167 g/mol. The molecule has 1 aliphatic rings. The molecule has 0 unspecified atom stereocenters. The number of hydrogen-bond donors (Lipinski definition) is 1. The summed E-state index contributed by atoms with van der Waals surface area (Å²) in [7, 11) is 0. The molecule has 1 aromatic rings. The minimum atomic E-state index is 0.513. The second kappa shape index (κ2) is 2.88. The van der Waals surface area contributed by atoms with Crippen LogP contribution in [0.25, 0.3) is 0 Å². The van der Waals surface area contributed by atoms with Crippen molar-refractivity contribution in [1.82, 2.24) is 9.78 Å². The molecule has 2 rings (SSSR count). The van der Waals surface area contributed by atoms with Gasteiger partial charge in [-0.2, -0.15) is 5.10 Å². The molecule has 0 bridgehead atoms. The number of hydrogen-bond acceptors (Lipinski definition) is 3. The first-order valence-corrected chi connectivity index (χ1v) is 4.22. The van der Waals surface area contributed by atoms with Crippen molar-refractivity contribution >= 4 is 0 Å². The van der Waals surface area contributed by atoms with Gasteiger partial charge in [0.2, 0.25) is 0 Å². The largest absolute Gasteiger partial charge is 0.370 e. The molecule has 0 fully saturated rings. The molecule has 2 heterocycles. The zero-order valence-electron chi connectivity index (χ0n) is 7.21. The lowest BCUT2D eigenvalue weighted by atomic mass is 10.2. The van der Waals surface area contributed by atoms with E-state index in [9.17, 15) is 0 Å². The van der Waals surface area contributed by atoms with E-state index in [1.165, 1.54) is 11.3 Å². The molecule has 66 valence electrons. The van der Waals surface area contributed by atoms with Crippen molar-refractivity contribution in [3.05, 3.63) is 17.0 Å². The second-order valence-corrected chi connectivity index (χ2v) is 2.88. The Morgan fingerprint density at radius 1 is 1.58 bits per heavy atom. The van der Waals surface area contributed by atoms with Crippen LogP contribution in [0.4, 0.5) is 0 Å². The van der Waals surface area contributed by atoms with Crippen molar-refractivity contribution in [3.63, 3.8) is 0 Å². The molecule has 0 aliphatic carbocycles. The van der Waals surface area contributed by atoms with Crippen LogP contribution in [0.1, 0.15) is 23.9 Å². The van der Waals surface area contributed by atoms with E-state index in [-0.39, 0.29) is 0 Å². The summed E-state index contributed by atoms with van der Waals surface area (Å²) in [5.74, 6) is 0. The lowest BCUT2D eigenvalue weighted by Gasteiger charge is -1.98. The molecular formula is C8H13N3O. The molecule has 0 saturated carbocycles. The molecular weight excluding hydrogens is 154 g/mol. The fraction of sp³-hybridized carbons (Fsp3) is 0.625. The van der Waals surface area contributed by atoms with Gasteiger partial charge in [0.1, 0.15) is 0 Å². The van der Waals surface area contributed by atoms with E-state index in [1.54, 1.807) is 0 Å². The molecule has 1 aliphatic heterocycles. The Bertz CT molecular complexity index is 266. The van der Waals surface area contributed by atoms with E-state index in [0.717, 1.165) is 12.2 Å². The van der Waals surface area contributed by atoms with E-state index < -0.39 is 0 Å². The average Bonchev–Trinajstić information content (AvgIpc) is 2.63. The molecule has 0 atom stereocenters. The highest BCUT2D eigenvalue weighted by molar-refractivity contribution is 5.27. The van der Waals surface area contributed by atoms with Gasteiger partial charge in [-0.25, -0.2) is 0 Å². The zero-order valence-corrected chi connectivity index (χ0v) is 7.21. The number of nitrogens with two attached hydrogens (primary N) is 1. The molecule has 0 amide bonds. The van der Waals surface area contributed by atoms with Gasteiger partial charge >= 0.3 is 0 Å². The molecule has 0 aromatic carbocycles. The highest BCUT2D eigenvalue weighted by Gasteiger charge is 2.21. The molecule has 1 aromatic heterocycles. The van der Waals surface area contributed by atoms with Crippen LogP contribution < -0.4 is 5.73 Å². The van der Waals surface area contributed by atoms with Crippen molar-refractivity contribution in [2.24, 2.45) is 5.73 Å². The summed E-state index contributed by atoms with van der Waals surface area (Å²) >= 11 is 0. The second-order valence-electron chi connectivity index (χ2n) is 2.88. The number of aromatic nitrogens is 2. The fourth-order valence-electron chi connectivity index (χ4n) is 1.59. The molecule has 0 radical (unpaired) electrons. The molecule has 0 spiro atoms. The summed E-state index contributed by atoms with van der Waals surface area (Å²) < 4.78 is 7.30. The Morgan fingerprint density at radius 2 is 2.42 bits per heavy atom. The van der Waals surface area contributed by atoms with Crippen LogP contribution in [0.3, 0.4) is 0 Å². The van der Waals surface area contributed by atoms with Gasteiger partial charge in [-0.1, -0.05) is 0 Å². The number of ether oxygens (including phenoxy) is 1. The van der Waals surface area contributed by atoms with Crippen LogP contribution in [0, 0.1) is 0 Å². The highest BCUT2D eigenvalue weighted by atomic mass is 16.5. The Labute approximate surface area is 71.3 Å². The number of rotatable bonds is 2. The van der Waals surface area contributed by atoms with Crippen LogP contribution in [0.5, 0.6) is 0 Å². The lowest BCUT2D eigenvalue weighted by molar-refractivity contribution is 0.128. The van der Waals surface area contributed by atoms with Crippen LogP contribution in [0.15, 0.2) is 0 Å². The van der Waals surface area contributed by atoms with Gasteiger partial charge < -0.3 is 10.5 Å². The van der Waals surface area contributed by atoms with E-state index >= 15 is 0 Å². The SMILES string of the molecule is CCn1nc(CN)c2c1COC2. The summed E-state index contributed by atoms with van der Waals surface area (Å²) in [4.78, 5) is 0. The molecule has 12 heavy (non-hydrogen) atoms. The van der Waals surface area contributed by atoms with E-state index in [1.807, 2.05) is 4.68 Å². The van der Waals surface area contributed by atoms with Gasteiger partial charge in [0.25, 0.3) is 0 Å². The minimum absolute atomic E-state index is 0.513. The number of fused-ring (bicyclic) bond motifs is 1. The van der Waals surface area contributed by atoms with Crippen molar-refractivity contribution < 1.29 is 4.74 Å². The third-order valence-electron chi connectivity index (χ3n) is 2.23. The predicted molar refractivity (Wildman–Crippen MR) is 44.3 cm³/mol. The summed E-state index contributed by atoms with van der Waals surface area (Å²) in [5.41, 5.74) is 8.96. The maximum atomic E-state index is 5.56. The lowest BCUT2D eigenvalue weighted by Crippen LogP contribution is -2.04. The molecule has 4 heteroatoms. The number of aryl methyl sites for hydroxylation is 1. The van der Waals surface area contributed by atoms with Gasteiger partial charge in [0.15, 0.2) is 0 Å². The predicted octanol–water partition coefficient (Wildman–Crippen LogP) is 0.392. The quantitative estimate of drug-likeness (QED) is 0.693. The Morgan fingerprint density at radius 3 is 3.08 bits per heavy atom. The van der Waals surface area contributed by atoms with E-state index in [2.05, 4.69) is 12.0 Å². The van der Waals surface area contributed by atoms with Crippen molar-refractivity contribution in [3.8, 4) is 0 Å². The summed E-state index contributed by atoms with van der Waals surface area (Å²) in [6, 6.07) is 0. The van der Waals surface area contributed by atoms with E-state index in [4.69, 9.17) is 10.5 Å². The first kappa shape index (κ1) is 7.76. The first-order chi connectivity index (χ1) is 5.86. The van der Waals surface area contributed by atoms with Crippen LogP contribution in [-0.4, -0.2) is 9.78 Å². The van der Waals surface area contributed by atoms with Crippen LogP contribution in [-0.2, 0) is 31.0 Å². The minimum Gasteiger partial charge on any atom is -0.370 e. The topological polar surface area (TPSA) is 53.1 Å². The summed E-state index contributed by atoms with van der Waals surface area (Å²) in [6.07, 6.45) is 0. The highest BCUT2D eigenvalue weighted by Crippen LogP contribution is 2.22. The summed E-state index contributed by atoms with van der Waals surface area (Å²) in [6.45, 7) is 4.86. The zero-order chi connectivity index (χ0) is 8.55. The maximum Gasteiger partial charge on any atom is 0.0893 e. The third kappa shape index (κ3) is 0.956. The Balaban J connectivity index is 2.47. The third-order valence-corrected chi connectivity index (χ3v) is 2.23. The maximum absolute atomic E-state index is 5.56. The van der Waals surface area contributed by atoms with Crippen LogP contribution >= 0.6 is 0 Å². The Kier molecular flexibility index (Phi) is 1.86. The van der Waals surface area contributed by atoms with Gasteiger partial charge in [-0.05, 0) is 6.92 Å². The van der Waals surface area contributed by atoms with Gasteiger partial charge in [0, 0.05) is 18.7 Å². The van der Waals surface area contributed by atoms with E-state index in [0.29, 0.717) is 19.8 Å². The smallest absolute Gasteiger partial charge is 0.0893 e. The van der Waals surface area contributed by atoms with Crippen molar-refractivity contribution in [2.45, 2.75) is 33.2 Å². The van der Waals surface area contributed by atoms with Crippen molar-refractivity contribution in [1.29, 1.82) is 0 Å². The summed E-state index contributed by atoms with van der Waals surface area (Å²) in [5, 5.41) is 4.38. The van der Waals surface area contributed by atoms with Gasteiger partial charge in [-0.15, -0.1) is 0 Å². The molecule has 2 N–H and O–H groups in total. The Hall–Kier alpha value is -0.870. The van der Waals surface area contributed by atoms with Crippen LogP contribution in [0.2, 0.25) is 0 Å². The number of nitrogens with zero attached hydrogens (tertiary/aromatic N) is 2. The average molecular weight is 167 g/mol. The van der Waals surface area contributed by atoms with Gasteiger partial charge in [-0.3, -0.25) is 4.68 Å². The normalized spacial score (nSPS) is 15.2. The molecule has 0 saturated heterocycles. The molecule has 4 nitrogen and oxygen atoms in total. The first-order valence-electron chi connectivity index (χ1n) is 4.22.